The summed E-state index contributed by atoms with van der Waals surface area (Å²) in [6.07, 6.45) is 4.29. The summed E-state index contributed by atoms with van der Waals surface area (Å²) >= 11 is 0. The number of aliphatic carboxylic acids is 1. The summed E-state index contributed by atoms with van der Waals surface area (Å²) in [6.45, 7) is 4.80. The Morgan fingerprint density at radius 2 is 1.85 bits per heavy atom. The first kappa shape index (κ1) is 17.0. The van der Waals surface area contributed by atoms with Gasteiger partial charge in [0.15, 0.2) is 0 Å². The molecular formula is C15H28N2O3. The number of hydrogen-bond donors (Lipinski definition) is 3. The minimum absolute atomic E-state index is 0.0554. The normalized spacial score (nSPS) is 24.4. The smallest absolute Gasteiger partial charge is 0.306 e. The van der Waals surface area contributed by atoms with E-state index in [4.69, 9.17) is 10.8 Å². The molecule has 0 aromatic heterocycles. The lowest BCUT2D eigenvalue weighted by atomic mass is 9.86. The second-order valence-corrected chi connectivity index (χ2v) is 6.39. The largest absolute Gasteiger partial charge is 0.481 e. The van der Waals surface area contributed by atoms with E-state index in [-0.39, 0.29) is 23.8 Å². The molecule has 20 heavy (non-hydrogen) atoms. The Balaban J connectivity index is 2.30. The van der Waals surface area contributed by atoms with Gasteiger partial charge in [-0.1, -0.05) is 13.8 Å². The van der Waals surface area contributed by atoms with Gasteiger partial charge in [0.1, 0.15) is 0 Å². The number of hydrogen-bond acceptors (Lipinski definition) is 3. The predicted molar refractivity (Wildman–Crippen MR) is 78.1 cm³/mol. The molecule has 1 aliphatic carbocycles. The van der Waals surface area contributed by atoms with E-state index in [2.05, 4.69) is 19.2 Å². The third kappa shape index (κ3) is 5.90. The van der Waals surface area contributed by atoms with Gasteiger partial charge in [-0.2, -0.15) is 0 Å². The van der Waals surface area contributed by atoms with Gasteiger partial charge in [0.2, 0.25) is 5.91 Å². The van der Waals surface area contributed by atoms with Gasteiger partial charge >= 0.3 is 5.97 Å². The van der Waals surface area contributed by atoms with Gasteiger partial charge in [0.05, 0.1) is 5.92 Å². The molecule has 0 spiro atoms. The standard InChI is InChI=1S/C15H28N2O3/c1-10(2)7-11(9-16)8-14(18)17-13-5-3-12(4-6-13)15(19)20/h10-13H,3-9,16H2,1-2H3,(H,17,18)(H,19,20). The molecule has 5 heteroatoms. The van der Waals surface area contributed by atoms with Crippen LogP contribution in [0.4, 0.5) is 0 Å². The topological polar surface area (TPSA) is 92.4 Å². The molecule has 5 nitrogen and oxygen atoms in total. The Morgan fingerprint density at radius 1 is 1.25 bits per heavy atom. The number of rotatable bonds is 7. The average molecular weight is 284 g/mol. The number of carboxylic acids is 1. The van der Waals surface area contributed by atoms with Crippen LogP contribution in [-0.4, -0.2) is 29.6 Å². The lowest BCUT2D eigenvalue weighted by molar-refractivity contribution is -0.142. The van der Waals surface area contributed by atoms with Crippen LogP contribution < -0.4 is 11.1 Å². The molecule has 1 atom stereocenters. The van der Waals surface area contributed by atoms with Crippen molar-refractivity contribution in [2.75, 3.05) is 6.54 Å². The number of nitrogens with two attached hydrogens (primary N) is 1. The molecule has 0 bridgehead atoms. The molecule has 1 unspecified atom stereocenters. The van der Waals surface area contributed by atoms with Crippen molar-refractivity contribution in [1.29, 1.82) is 0 Å². The number of carbonyl (C=O) groups excluding carboxylic acids is 1. The van der Waals surface area contributed by atoms with Crippen molar-refractivity contribution >= 4 is 11.9 Å². The predicted octanol–water partition coefficient (Wildman–Crippen LogP) is 1.76. The zero-order valence-corrected chi connectivity index (χ0v) is 12.6. The molecule has 4 N–H and O–H groups in total. The fraction of sp³-hybridized carbons (Fsp3) is 0.867. The van der Waals surface area contributed by atoms with Gasteiger partial charge < -0.3 is 16.2 Å². The molecule has 0 radical (unpaired) electrons. The van der Waals surface area contributed by atoms with Crippen molar-refractivity contribution in [3.05, 3.63) is 0 Å². The molecule has 0 heterocycles. The zero-order valence-electron chi connectivity index (χ0n) is 12.6. The third-order valence-corrected chi connectivity index (χ3v) is 4.05. The fourth-order valence-corrected chi connectivity index (χ4v) is 2.96. The van der Waals surface area contributed by atoms with Gasteiger partial charge in [0, 0.05) is 12.5 Å². The third-order valence-electron chi connectivity index (χ3n) is 4.05. The van der Waals surface area contributed by atoms with Gasteiger partial charge in [-0.15, -0.1) is 0 Å². The van der Waals surface area contributed by atoms with Gasteiger partial charge in [-0.3, -0.25) is 9.59 Å². The molecular weight excluding hydrogens is 256 g/mol. The summed E-state index contributed by atoms with van der Waals surface area (Å²) in [4.78, 5) is 22.9. The van der Waals surface area contributed by atoms with Crippen molar-refractivity contribution in [1.82, 2.24) is 5.32 Å². The summed E-state index contributed by atoms with van der Waals surface area (Å²) < 4.78 is 0. The molecule has 1 aliphatic rings. The maximum Gasteiger partial charge on any atom is 0.306 e. The van der Waals surface area contributed by atoms with Crippen molar-refractivity contribution in [3.8, 4) is 0 Å². The molecule has 0 aromatic rings. The zero-order chi connectivity index (χ0) is 15.1. The van der Waals surface area contributed by atoms with Gasteiger partial charge in [-0.05, 0) is 50.5 Å². The summed E-state index contributed by atoms with van der Waals surface area (Å²) in [5.41, 5.74) is 5.71. The molecule has 1 amide bonds. The SMILES string of the molecule is CC(C)CC(CN)CC(=O)NC1CCC(C(=O)O)CC1. The quantitative estimate of drug-likeness (QED) is 0.664. The van der Waals surface area contributed by atoms with E-state index in [1.807, 2.05) is 0 Å². The van der Waals surface area contributed by atoms with Crippen molar-refractivity contribution in [2.24, 2.45) is 23.5 Å². The van der Waals surface area contributed by atoms with Crippen LogP contribution in [0, 0.1) is 17.8 Å². The summed E-state index contributed by atoms with van der Waals surface area (Å²) in [5.74, 6) is -0.108. The van der Waals surface area contributed by atoms with Crippen LogP contribution in [0.1, 0.15) is 52.4 Å². The van der Waals surface area contributed by atoms with Crippen molar-refractivity contribution in [2.45, 2.75) is 58.4 Å². The molecule has 1 rings (SSSR count). The first-order chi connectivity index (χ1) is 9.42. The van der Waals surface area contributed by atoms with Crippen LogP contribution in [0.2, 0.25) is 0 Å². The van der Waals surface area contributed by atoms with Crippen LogP contribution in [-0.2, 0) is 9.59 Å². The van der Waals surface area contributed by atoms with Crippen LogP contribution in [0.15, 0.2) is 0 Å². The summed E-state index contributed by atoms with van der Waals surface area (Å²) in [5, 5.41) is 12.0. The molecule has 0 aromatic carbocycles. The maximum absolute atomic E-state index is 12.0. The summed E-state index contributed by atoms with van der Waals surface area (Å²) in [6, 6.07) is 0.135. The number of carboxylic acid groups (broad SMARTS) is 1. The Morgan fingerprint density at radius 3 is 2.30 bits per heavy atom. The maximum atomic E-state index is 12.0. The second kappa shape index (κ2) is 8.25. The lowest BCUT2D eigenvalue weighted by Gasteiger charge is -2.27. The Kier molecular flexibility index (Phi) is 6.99. The molecule has 0 saturated heterocycles. The average Bonchev–Trinajstić information content (AvgIpc) is 2.37. The number of amides is 1. The highest BCUT2D eigenvalue weighted by atomic mass is 16.4. The Labute approximate surface area is 121 Å². The van der Waals surface area contributed by atoms with Gasteiger partial charge in [-0.25, -0.2) is 0 Å². The second-order valence-electron chi connectivity index (χ2n) is 6.39. The van der Waals surface area contributed by atoms with E-state index >= 15 is 0 Å². The van der Waals surface area contributed by atoms with Crippen LogP contribution in [0.25, 0.3) is 0 Å². The highest BCUT2D eigenvalue weighted by Crippen LogP contribution is 2.24. The van der Waals surface area contributed by atoms with E-state index in [0.717, 1.165) is 19.3 Å². The highest BCUT2D eigenvalue weighted by molar-refractivity contribution is 5.76. The van der Waals surface area contributed by atoms with Crippen LogP contribution in [0.5, 0.6) is 0 Å². The number of nitrogens with one attached hydrogen (secondary N) is 1. The first-order valence-corrected chi connectivity index (χ1v) is 7.64. The van der Waals surface area contributed by atoms with E-state index < -0.39 is 5.97 Å². The Hall–Kier alpha value is -1.10. The van der Waals surface area contributed by atoms with E-state index in [9.17, 15) is 9.59 Å². The molecule has 1 fully saturated rings. The van der Waals surface area contributed by atoms with Crippen LogP contribution in [0.3, 0.4) is 0 Å². The highest BCUT2D eigenvalue weighted by Gasteiger charge is 2.27. The number of carbonyl (C=O) groups is 2. The molecule has 116 valence electrons. The molecule has 1 saturated carbocycles. The van der Waals surface area contributed by atoms with Crippen molar-refractivity contribution in [3.63, 3.8) is 0 Å². The fourth-order valence-electron chi connectivity index (χ4n) is 2.96. The van der Waals surface area contributed by atoms with E-state index in [0.29, 0.717) is 31.7 Å². The van der Waals surface area contributed by atoms with Crippen molar-refractivity contribution < 1.29 is 14.7 Å². The first-order valence-electron chi connectivity index (χ1n) is 7.64. The van der Waals surface area contributed by atoms with E-state index in [1.54, 1.807) is 0 Å². The monoisotopic (exact) mass is 284 g/mol. The molecule has 0 aliphatic heterocycles. The minimum atomic E-state index is -0.713. The van der Waals surface area contributed by atoms with E-state index in [1.165, 1.54) is 0 Å². The lowest BCUT2D eigenvalue weighted by Crippen LogP contribution is -2.40. The summed E-state index contributed by atoms with van der Waals surface area (Å²) in [7, 11) is 0. The minimum Gasteiger partial charge on any atom is -0.481 e. The van der Waals surface area contributed by atoms with Crippen LogP contribution >= 0.6 is 0 Å². The van der Waals surface area contributed by atoms with Gasteiger partial charge in [0.25, 0.3) is 0 Å². The Bertz CT molecular complexity index is 323.